The van der Waals surface area contributed by atoms with E-state index in [9.17, 15) is 20.0 Å². The maximum atomic E-state index is 12.8. The molecule has 2 atom stereocenters. The second-order valence-corrected chi connectivity index (χ2v) is 13.5. The Bertz CT molecular complexity index is 2100. The number of carbonyl (C=O) groups is 1. The van der Waals surface area contributed by atoms with E-state index in [4.69, 9.17) is 14.5 Å². The van der Waals surface area contributed by atoms with E-state index in [-0.39, 0.29) is 42.6 Å². The summed E-state index contributed by atoms with van der Waals surface area (Å²) in [5, 5.41) is 24.6. The lowest BCUT2D eigenvalue weighted by Gasteiger charge is -2.50. The van der Waals surface area contributed by atoms with Crippen molar-refractivity contribution in [1.29, 1.82) is 0 Å². The second-order valence-electron chi connectivity index (χ2n) is 13.5. The molecule has 0 spiro atoms. The van der Waals surface area contributed by atoms with Crippen LogP contribution < -0.4 is 10.1 Å². The number of imidazole rings is 1. The van der Waals surface area contributed by atoms with Crippen LogP contribution in [0, 0.1) is 16.0 Å². The average Bonchev–Trinajstić information content (AvgIpc) is 3.64. The van der Waals surface area contributed by atoms with Crippen LogP contribution in [0.3, 0.4) is 0 Å². The zero-order chi connectivity index (χ0) is 37.7. The van der Waals surface area contributed by atoms with Gasteiger partial charge in [-0.3, -0.25) is 29.7 Å². The molecule has 0 radical (unpaired) electrons. The van der Waals surface area contributed by atoms with Crippen LogP contribution in [-0.4, -0.2) is 72.8 Å². The first-order valence-electron chi connectivity index (χ1n) is 17.9. The van der Waals surface area contributed by atoms with Crippen molar-refractivity contribution in [3.63, 3.8) is 0 Å². The second kappa shape index (κ2) is 15.9. The van der Waals surface area contributed by atoms with Crippen LogP contribution in [0.5, 0.6) is 5.88 Å². The topological polar surface area (TPSA) is 158 Å². The first-order valence-corrected chi connectivity index (χ1v) is 17.9. The fourth-order valence-electron chi connectivity index (χ4n) is 6.99. The number of aliphatic hydroxyl groups excluding tert-OH is 1. The molecular formula is C41H41N7O6. The molecule has 0 aliphatic carbocycles. The smallest absolute Gasteiger partial charge is 0.269 e. The molecule has 54 heavy (non-hydrogen) atoms. The lowest BCUT2D eigenvalue weighted by Crippen LogP contribution is -2.57. The van der Waals surface area contributed by atoms with Gasteiger partial charge in [-0.05, 0) is 22.3 Å². The highest BCUT2D eigenvalue weighted by atomic mass is 16.6. The number of anilines is 1. The number of nitro benzene ring substituents is 1. The van der Waals surface area contributed by atoms with E-state index in [1.54, 1.807) is 36.9 Å². The van der Waals surface area contributed by atoms with E-state index < -0.39 is 22.8 Å². The van der Waals surface area contributed by atoms with Gasteiger partial charge in [-0.25, -0.2) is 4.98 Å². The molecule has 7 rings (SSSR count). The van der Waals surface area contributed by atoms with Gasteiger partial charge in [0.1, 0.15) is 6.23 Å². The molecule has 2 N–H and O–H groups in total. The summed E-state index contributed by atoms with van der Waals surface area (Å²) in [4.78, 5) is 39.8. The van der Waals surface area contributed by atoms with E-state index in [1.165, 1.54) is 12.1 Å². The molecule has 1 saturated heterocycles. The van der Waals surface area contributed by atoms with Gasteiger partial charge in [-0.1, -0.05) is 117 Å². The van der Waals surface area contributed by atoms with Gasteiger partial charge in [0.25, 0.3) is 5.69 Å². The minimum atomic E-state index is -0.771. The van der Waals surface area contributed by atoms with Crippen LogP contribution in [0.1, 0.15) is 42.3 Å². The third-order valence-electron chi connectivity index (χ3n) is 9.64. The lowest BCUT2D eigenvalue weighted by atomic mass is 9.75. The summed E-state index contributed by atoms with van der Waals surface area (Å²) in [5.74, 6) is -0.385. The number of aromatic nitrogens is 4. The quantitative estimate of drug-likeness (QED) is 0.0805. The number of rotatable bonds is 13. The molecule has 4 aromatic carbocycles. The molecule has 6 aromatic rings. The Morgan fingerprint density at radius 3 is 2.06 bits per heavy atom. The molecule has 3 heterocycles. The van der Waals surface area contributed by atoms with Crippen molar-refractivity contribution < 1.29 is 24.3 Å². The van der Waals surface area contributed by atoms with Crippen molar-refractivity contribution in [2.45, 2.75) is 38.1 Å². The Balaban J connectivity index is 1.29. The number of hydrogen-bond acceptors (Lipinski definition) is 10. The van der Waals surface area contributed by atoms with Crippen LogP contribution in [0.25, 0.3) is 11.2 Å². The summed E-state index contributed by atoms with van der Waals surface area (Å²) >= 11 is 0. The predicted molar refractivity (Wildman–Crippen MR) is 203 cm³/mol. The number of ether oxygens (including phenoxy) is 2. The molecule has 1 aliphatic rings. The summed E-state index contributed by atoms with van der Waals surface area (Å²) < 4.78 is 14.5. The fraction of sp³-hybridized carbons (Fsp3) is 0.268. The van der Waals surface area contributed by atoms with E-state index in [1.807, 2.05) is 54.6 Å². The van der Waals surface area contributed by atoms with Gasteiger partial charge in [-0.2, -0.15) is 9.97 Å². The molecule has 0 saturated carbocycles. The van der Waals surface area contributed by atoms with Crippen LogP contribution in [0.4, 0.5) is 11.6 Å². The highest BCUT2D eigenvalue weighted by molar-refractivity contribution is 5.91. The van der Waals surface area contributed by atoms with Crippen molar-refractivity contribution in [1.82, 2.24) is 24.4 Å². The number of morpholine rings is 1. The van der Waals surface area contributed by atoms with Crippen molar-refractivity contribution >= 4 is 28.7 Å². The van der Waals surface area contributed by atoms with Crippen LogP contribution >= 0.6 is 0 Å². The van der Waals surface area contributed by atoms with Crippen molar-refractivity contribution in [3.8, 4) is 5.88 Å². The number of benzene rings is 4. The SMILES string of the molecule is CC(C)C(=O)Nc1nc(OCCc2ccc([N+](=O)[O-])cc2)c2ncn([C@H]3CN(C(c4ccccc4)(c4ccccc4)c4ccccc4)C[C@@H](CO)O3)c2n1. The Labute approximate surface area is 312 Å². The Morgan fingerprint density at radius 2 is 1.52 bits per heavy atom. The van der Waals surface area contributed by atoms with Crippen LogP contribution in [0.2, 0.25) is 0 Å². The van der Waals surface area contributed by atoms with Crippen molar-refractivity contribution in [2.24, 2.45) is 5.92 Å². The lowest BCUT2D eigenvalue weighted by molar-refractivity contribution is -0.384. The Morgan fingerprint density at radius 1 is 0.926 bits per heavy atom. The van der Waals surface area contributed by atoms with Gasteiger partial charge >= 0.3 is 0 Å². The molecule has 0 unspecified atom stereocenters. The van der Waals surface area contributed by atoms with E-state index in [0.717, 1.165) is 22.3 Å². The van der Waals surface area contributed by atoms with Crippen LogP contribution in [0.15, 0.2) is 122 Å². The van der Waals surface area contributed by atoms with Gasteiger partial charge in [0.15, 0.2) is 11.2 Å². The molecule has 1 amide bonds. The van der Waals surface area contributed by atoms with E-state index >= 15 is 0 Å². The standard InChI is InChI=1S/C41H41N7O6/c1-28(2)38(50)44-40-43-37-36(39(45-40)53-23-22-29-18-20-33(21-19-29)48(51)52)42-27-47(37)35-25-46(24-34(26-49)54-35)41(30-12-6-3-7-13-30,31-14-8-4-9-15-31)32-16-10-5-11-17-32/h3-21,27-28,34-35,49H,22-26H2,1-2H3,(H,43,44,45,50)/t34-,35+/m0/s1. The number of non-ortho nitro benzene ring substituents is 1. The van der Waals surface area contributed by atoms with Gasteiger partial charge in [0.2, 0.25) is 17.7 Å². The molecular weight excluding hydrogens is 686 g/mol. The van der Waals surface area contributed by atoms with Gasteiger partial charge < -0.3 is 14.6 Å². The first kappa shape index (κ1) is 36.3. The molecule has 1 aliphatic heterocycles. The maximum absolute atomic E-state index is 12.8. The summed E-state index contributed by atoms with van der Waals surface area (Å²) in [5.41, 5.74) is 3.99. The Kier molecular flexibility index (Phi) is 10.7. The number of carbonyl (C=O) groups excluding carboxylic acids is 1. The normalized spacial score (nSPS) is 16.4. The van der Waals surface area contributed by atoms with E-state index in [0.29, 0.717) is 30.7 Å². The van der Waals surface area contributed by atoms with Gasteiger partial charge in [0, 0.05) is 37.6 Å². The summed E-state index contributed by atoms with van der Waals surface area (Å²) in [7, 11) is 0. The predicted octanol–water partition coefficient (Wildman–Crippen LogP) is 6.13. The van der Waals surface area contributed by atoms with Gasteiger partial charge in [-0.15, -0.1) is 0 Å². The summed E-state index contributed by atoms with van der Waals surface area (Å²) in [6, 6.07) is 37.3. The monoisotopic (exact) mass is 727 g/mol. The molecule has 13 nitrogen and oxygen atoms in total. The largest absolute Gasteiger partial charge is 0.476 e. The fourth-order valence-corrected chi connectivity index (χ4v) is 6.99. The molecule has 13 heteroatoms. The third kappa shape index (κ3) is 7.29. The minimum Gasteiger partial charge on any atom is -0.476 e. The molecule has 0 bridgehead atoms. The van der Waals surface area contributed by atoms with Crippen molar-refractivity contribution in [3.05, 3.63) is 154 Å². The van der Waals surface area contributed by atoms with Crippen LogP contribution in [-0.2, 0) is 21.5 Å². The Hall–Kier alpha value is -6.02. The highest BCUT2D eigenvalue weighted by Crippen LogP contribution is 2.45. The molecule has 276 valence electrons. The van der Waals surface area contributed by atoms with Crippen molar-refractivity contribution in [2.75, 3.05) is 31.6 Å². The maximum Gasteiger partial charge on any atom is 0.269 e. The number of aliphatic hydroxyl groups is 1. The average molecular weight is 728 g/mol. The number of nitrogens with zero attached hydrogens (tertiary/aromatic N) is 6. The van der Waals surface area contributed by atoms with E-state index in [2.05, 4.69) is 56.6 Å². The number of fused-ring (bicyclic) bond motifs is 1. The summed E-state index contributed by atoms with van der Waals surface area (Å²) in [6.07, 6.45) is 0.815. The third-order valence-corrected chi connectivity index (χ3v) is 9.64. The number of hydrogen-bond donors (Lipinski definition) is 2. The first-order chi connectivity index (χ1) is 26.3. The summed E-state index contributed by atoms with van der Waals surface area (Å²) in [6.45, 7) is 4.29. The number of nitrogens with one attached hydrogen (secondary N) is 1. The zero-order valence-electron chi connectivity index (χ0n) is 30.0. The van der Waals surface area contributed by atoms with Gasteiger partial charge in [0.05, 0.1) is 36.1 Å². The molecule has 1 fully saturated rings. The number of amides is 1. The highest BCUT2D eigenvalue weighted by Gasteiger charge is 2.46. The zero-order valence-corrected chi connectivity index (χ0v) is 30.0. The minimum absolute atomic E-state index is 0.00809. The molecule has 2 aromatic heterocycles. The number of nitro groups is 1.